The van der Waals surface area contributed by atoms with Gasteiger partial charge in [0.25, 0.3) is 0 Å². The summed E-state index contributed by atoms with van der Waals surface area (Å²) in [6.07, 6.45) is 1.73. The van der Waals surface area contributed by atoms with Crippen LogP contribution in [-0.4, -0.2) is 6.21 Å². The van der Waals surface area contributed by atoms with Crippen molar-refractivity contribution >= 4 is 46.7 Å². The van der Waals surface area contributed by atoms with Crippen LogP contribution < -0.4 is 10.2 Å². The molecule has 0 saturated heterocycles. The fraction of sp³-hybridized carbons (Fsp3) is 0.0952. The summed E-state index contributed by atoms with van der Waals surface area (Å²) in [4.78, 5) is 0. The van der Waals surface area contributed by atoms with Crippen LogP contribution >= 0.6 is 34.8 Å². The Labute approximate surface area is 173 Å². The Morgan fingerprint density at radius 2 is 1.67 bits per heavy atom. The standard InChI is InChI=1S/C21H17Cl3N2O/c1-14-2-6-17(11-20(14)23)26-25-12-15-3-7-18(8-4-15)27-13-16-5-9-19(22)21(24)10-16/h2-12,26H,13H2,1H3. The molecule has 6 heteroatoms. The summed E-state index contributed by atoms with van der Waals surface area (Å²) in [6, 6.07) is 18.8. The van der Waals surface area contributed by atoms with Crippen LogP contribution in [0.1, 0.15) is 16.7 Å². The number of hydrazone groups is 1. The molecule has 1 N–H and O–H groups in total. The first-order valence-electron chi connectivity index (χ1n) is 8.23. The Kier molecular flexibility index (Phi) is 6.62. The molecular formula is C21H17Cl3N2O. The maximum atomic E-state index is 6.10. The molecule has 0 radical (unpaired) electrons. The Morgan fingerprint density at radius 1 is 0.889 bits per heavy atom. The first-order chi connectivity index (χ1) is 13.0. The summed E-state index contributed by atoms with van der Waals surface area (Å²) >= 11 is 18.0. The van der Waals surface area contributed by atoms with Crippen molar-refractivity contribution in [1.82, 2.24) is 0 Å². The van der Waals surface area contributed by atoms with Crippen molar-refractivity contribution in [2.45, 2.75) is 13.5 Å². The second-order valence-electron chi connectivity index (χ2n) is 5.94. The molecule has 0 fully saturated rings. The van der Waals surface area contributed by atoms with Crippen LogP contribution in [0.25, 0.3) is 0 Å². The van der Waals surface area contributed by atoms with E-state index in [0.717, 1.165) is 28.1 Å². The third-order valence-corrected chi connectivity index (χ3v) is 4.99. The number of ether oxygens (including phenoxy) is 1. The summed E-state index contributed by atoms with van der Waals surface area (Å²) in [5, 5.41) is 5.98. The van der Waals surface area contributed by atoms with Crippen molar-refractivity contribution in [2.75, 3.05) is 5.43 Å². The molecule has 0 amide bonds. The summed E-state index contributed by atoms with van der Waals surface area (Å²) in [5.74, 6) is 0.761. The number of nitrogens with zero attached hydrogens (tertiary/aromatic N) is 1. The fourth-order valence-corrected chi connectivity index (χ4v) is 2.79. The topological polar surface area (TPSA) is 33.6 Å². The molecule has 0 saturated carbocycles. The monoisotopic (exact) mass is 418 g/mol. The predicted octanol–water partition coefficient (Wildman–Crippen LogP) is 6.98. The van der Waals surface area contributed by atoms with Crippen molar-refractivity contribution in [3.63, 3.8) is 0 Å². The summed E-state index contributed by atoms with van der Waals surface area (Å²) in [5.41, 5.74) is 6.73. The SMILES string of the molecule is Cc1ccc(NN=Cc2ccc(OCc3ccc(Cl)c(Cl)c3)cc2)cc1Cl. The van der Waals surface area contributed by atoms with Crippen molar-refractivity contribution in [2.24, 2.45) is 5.10 Å². The van der Waals surface area contributed by atoms with E-state index in [1.807, 2.05) is 55.5 Å². The van der Waals surface area contributed by atoms with Gasteiger partial charge in [-0.15, -0.1) is 0 Å². The number of halogens is 3. The van der Waals surface area contributed by atoms with Crippen molar-refractivity contribution in [3.8, 4) is 5.75 Å². The van der Waals surface area contributed by atoms with Gasteiger partial charge in [0.1, 0.15) is 12.4 Å². The molecule has 0 aromatic heterocycles. The molecule has 0 aliphatic rings. The average molecular weight is 420 g/mol. The fourth-order valence-electron chi connectivity index (χ4n) is 2.29. The van der Waals surface area contributed by atoms with E-state index in [-0.39, 0.29) is 0 Å². The Morgan fingerprint density at radius 3 is 2.37 bits per heavy atom. The van der Waals surface area contributed by atoms with E-state index in [0.29, 0.717) is 21.7 Å². The highest BCUT2D eigenvalue weighted by Crippen LogP contribution is 2.23. The average Bonchev–Trinajstić information content (AvgIpc) is 2.66. The van der Waals surface area contributed by atoms with Gasteiger partial charge in [0.2, 0.25) is 0 Å². The molecule has 0 spiro atoms. The van der Waals surface area contributed by atoms with Gasteiger partial charge in [-0.25, -0.2) is 0 Å². The Balaban J connectivity index is 1.54. The minimum Gasteiger partial charge on any atom is -0.489 e. The molecule has 27 heavy (non-hydrogen) atoms. The van der Waals surface area contributed by atoms with Crippen LogP contribution in [0.2, 0.25) is 15.1 Å². The van der Waals surface area contributed by atoms with Gasteiger partial charge >= 0.3 is 0 Å². The minimum atomic E-state index is 0.417. The predicted molar refractivity (Wildman–Crippen MR) is 115 cm³/mol. The Hall–Kier alpha value is -2.20. The van der Waals surface area contributed by atoms with Crippen molar-refractivity contribution in [3.05, 3.63) is 92.4 Å². The van der Waals surface area contributed by atoms with E-state index >= 15 is 0 Å². The molecule has 3 aromatic rings. The molecule has 0 unspecified atom stereocenters. The zero-order valence-corrected chi connectivity index (χ0v) is 16.8. The zero-order chi connectivity index (χ0) is 19.2. The van der Waals surface area contributed by atoms with Crippen LogP contribution in [-0.2, 0) is 6.61 Å². The van der Waals surface area contributed by atoms with Gasteiger partial charge in [0, 0.05) is 5.02 Å². The number of aryl methyl sites for hydroxylation is 1. The lowest BCUT2D eigenvalue weighted by Gasteiger charge is -2.07. The van der Waals surface area contributed by atoms with Crippen LogP contribution in [0.3, 0.4) is 0 Å². The van der Waals surface area contributed by atoms with Crippen molar-refractivity contribution in [1.29, 1.82) is 0 Å². The smallest absolute Gasteiger partial charge is 0.119 e. The van der Waals surface area contributed by atoms with Crippen LogP contribution in [0, 0.1) is 6.92 Å². The maximum absolute atomic E-state index is 6.10. The number of rotatable bonds is 6. The lowest BCUT2D eigenvalue weighted by Crippen LogP contribution is -1.96. The van der Waals surface area contributed by atoms with Gasteiger partial charge in [-0.1, -0.05) is 46.9 Å². The maximum Gasteiger partial charge on any atom is 0.119 e. The van der Waals surface area contributed by atoms with Crippen molar-refractivity contribution < 1.29 is 4.74 Å². The molecule has 138 valence electrons. The first kappa shape index (κ1) is 19.6. The summed E-state index contributed by atoms with van der Waals surface area (Å²) in [7, 11) is 0. The minimum absolute atomic E-state index is 0.417. The molecule has 0 aliphatic carbocycles. The Bertz CT molecular complexity index is 956. The lowest BCUT2D eigenvalue weighted by molar-refractivity contribution is 0.306. The van der Waals surface area contributed by atoms with Crippen LogP contribution in [0.4, 0.5) is 5.69 Å². The zero-order valence-electron chi connectivity index (χ0n) is 14.5. The second-order valence-corrected chi connectivity index (χ2v) is 7.16. The van der Waals surface area contributed by atoms with E-state index in [2.05, 4.69) is 10.5 Å². The van der Waals surface area contributed by atoms with E-state index < -0.39 is 0 Å². The van der Waals surface area contributed by atoms with Crippen LogP contribution in [0.5, 0.6) is 5.75 Å². The third-order valence-electron chi connectivity index (χ3n) is 3.85. The third kappa shape index (κ3) is 5.64. The number of anilines is 1. The highest BCUT2D eigenvalue weighted by atomic mass is 35.5. The van der Waals surface area contributed by atoms with E-state index in [9.17, 15) is 0 Å². The number of benzene rings is 3. The molecule has 3 aromatic carbocycles. The van der Waals surface area contributed by atoms with Gasteiger partial charge in [-0.05, 0) is 72.1 Å². The van der Waals surface area contributed by atoms with Gasteiger partial charge in [-0.2, -0.15) is 5.10 Å². The van der Waals surface area contributed by atoms with Gasteiger partial charge in [-0.3, -0.25) is 5.43 Å². The molecule has 0 bridgehead atoms. The highest BCUT2D eigenvalue weighted by Gasteiger charge is 2.01. The molecule has 0 atom stereocenters. The normalized spacial score (nSPS) is 11.0. The summed E-state index contributed by atoms with van der Waals surface area (Å²) < 4.78 is 5.76. The highest BCUT2D eigenvalue weighted by molar-refractivity contribution is 6.42. The quantitative estimate of drug-likeness (QED) is 0.345. The molecule has 0 aliphatic heterocycles. The van der Waals surface area contributed by atoms with E-state index in [1.54, 1.807) is 18.3 Å². The van der Waals surface area contributed by atoms with Gasteiger partial charge in [0.05, 0.1) is 21.9 Å². The van der Waals surface area contributed by atoms with E-state index in [1.165, 1.54) is 0 Å². The lowest BCUT2D eigenvalue weighted by atomic mass is 10.2. The number of hydrogen-bond donors (Lipinski definition) is 1. The molecule has 3 rings (SSSR count). The molecular weight excluding hydrogens is 403 g/mol. The second kappa shape index (κ2) is 9.14. The largest absolute Gasteiger partial charge is 0.489 e. The molecule has 0 heterocycles. The van der Waals surface area contributed by atoms with E-state index in [4.69, 9.17) is 39.5 Å². The van der Waals surface area contributed by atoms with Crippen LogP contribution in [0.15, 0.2) is 65.8 Å². The number of hydrogen-bond acceptors (Lipinski definition) is 3. The first-order valence-corrected chi connectivity index (χ1v) is 9.37. The molecule has 3 nitrogen and oxygen atoms in total. The van der Waals surface area contributed by atoms with Gasteiger partial charge in [0.15, 0.2) is 0 Å². The summed E-state index contributed by atoms with van der Waals surface area (Å²) in [6.45, 7) is 2.38. The van der Waals surface area contributed by atoms with Gasteiger partial charge < -0.3 is 4.74 Å². The number of nitrogens with one attached hydrogen (secondary N) is 1.